The average molecular weight is 301 g/mol. The Bertz CT molecular complexity index is 454. The number of nitrogens with two attached hydrogens (primary N) is 1. The lowest BCUT2D eigenvalue weighted by Crippen LogP contribution is -2.23. The van der Waals surface area contributed by atoms with E-state index in [4.69, 9.17) is 5.84 Å². The van der Waals surface area contributed by atoms with Gasteiger partial charge in [0.25, 0.3) is 5.69 Å². The summed E-state index contributed by atoms with van der Waals surface area (Å²) in [4.78, 5) is 14.5. The van der Waals surface area contributed by atoms with Crippen LogP contribution in [0.2, 0.25) is 0 Å². The van der Waals surface area contributed by atoms with Crippen molar-refractivity contribution in [2.24, 2.45) is 5.84 Å². The first-order valence-electron chi connectivity index (χ1n) is 5.75. The SMILES string of the molecule is NNc1cc([N+](=O)[O-])cc(NCC2CSCCS2)n1. The number of pyridine rings is 1. The lowest BCUT2D eigenvalue weighted by Gasteiger charge is -2.21. The van der Waals surface area contributed by atoms with E-state index in [0.29, 0.717) is 11.1 Å². The number of anilines is 2. The number of nitrogen functional groups attached to an aromatic ring is 1. The molecule has 1 aliphatic heterocycles. The van der Waals surface area contributed by atoms with Gasteiger partial charge >= 0.3 is 0 Å². The van der Waals surface area contributed by atoms with Gasteiger partial charge in [0, 0.05) is 29.1 Å². The smallest absolute Gasteiger partial charge is 0.276 e. The fourth-order valence-corrected chi connectivity index (χ4v) is 4.27. The van der Waals surface area contributed by atoms with Crippen molar-refractivity contribution in [3.8, 4) is 0 Å². The molecule has 9 heteroatoms. The van der Waals surface area contributed by atoms with Crippen LogP contribution in [0.1, 0.15) is 0 Å². The molecule has 1 fully saturated rings. The molecule has 1 unspecified atom stereocenters. The van der Waals surface area contributed by atoms with Gasteiger partial charge in [-0.25, -0.2) is 10.8 Å². The fourth-order valence-electron chi connectivity index (χ4n) is 1.66. The summed E-state index contributed by atoms with van der Waals surface area (Å²) in [5, 5.41) is 14.4. The molecule has 1 aromatic rings. The highest BCUT2D eigenvalue weighted by Crippen LogP contribution is 2.25. The van der Waals surface area contributed by atoms with Crippen molar-refractivity contribution >= 4 is 40.8 Å². The van der Waals surface area contributed by atoms with Gasteiger partial charge in [-0.1, -0.05) is 0 Å². The zero-order chi connectivity index (χ0) is 13.7. The maximum atomic E-state index is 10.8. The monoisotopic (exact) mass is 301 g/mol. The number of nitro groups is 1. The molecular formula is C10H15N5O2S2. The number of hydrazine groups is 1. The lowest BCUT2D eigenvalue weighted by molar-refractivity contribution is -0.384. The Balaban J connectivity index is 2.02. The molecule has 2 rings (SSSR count). The van der Waals surface area contributed by atoms with Crippen LogP contribution in [0.5, 0.6) is 0 Å². The van der Waals surface area contributed by atoms with Gasteiger partial charge in [-0.3, -0.25) is 10.1 Å². The zero-order valence-electron chi connectivity index (χ0n) is 10.2. The van der Waals surface area contributed by atoms with Crippen LogP contribution >= 0.6 is 23.5 Å². The second-order valence-electron chi connectivity index (χ2n) is 3.95. The van der Waals surface area contributed by atoms with Crippen LogP contribution < -0.4 is 16.6 Å². The highest BCUT2D eigenvalue weighted by molar-refractivity contribution is 8.06. The minimum atomic E-state index is -0.459. The van der Waals surface area contributed by atoms with Gasteiger partial charge in [0.2, 0.25) is 0 Å². The van der Waals surface area contributed by atoms with E-state index in [-0.39, 0.29) is 11.5 Å². The summed E-state index contributed by atoms with van der Waals surface area (Å²) >= 11 is 3.85. The molecular weight excluding hydrogens is 286 g/mol. The lowest BCUT2D eigenvalue weighted by atomic mass is 10.3. The molecule has 0 bridgehead atoms. The number of hydrogen-bond acceptors (Lipinski definition) is 8. The molecule has 0 radical (unpaired) electrons. The van der Waals surface area contributed by atoms with E-state index in [1.165, 1.54) is 17.9 Å². The van der Waals surface area contributed by atoms with Crippen molar-refractivity contribution in [3.63, 3.8) is 0 Å². The normalized spacial score (nSPS) is 18.9. The fraction of sp³-hybridized carbons (Fsp3) is 0.500. The summed E-state index contributed by atoms with van der Waals surface area (Å²) < 4.78 is 0. The molecule has 104 valence electrons. The van der Waals surface area contributed by atoms with E-state index >= 15 is 0 Å². The highest BCUT2D eigenvalue weighted by Gasteiger charge is 2.15. The molecule has 0 aromatic carbocycles. The Morgan fingerprint density at radius 3 is 2.89 bits per heavy atom. The van der Waals surface area contributed by atoms with Gasteiger partial charge in [0.15, 0.2) is 0 Å². The summed E-state index contributed by atoms with van der Waals surface area (Å²) in [7, 11) is 0. The molecule has 1 aromatic heterocycles. The summed E-state index contributed by atoms with van der Waals surface area (Å²) in [6.07, 6.45) is 0. The summed E-state index contributed by atoms with van der Waals surface area (Å²) in [5.74, 6) is 9.44. The van der Waals surface area contributed by atoms with E-state index in [2.05, 4.69) is 15.7 Å². The predicted molar refractivity (Wildman–Crippen MR) is 80.8 cm³/mol. The second kappa shape index (κ2) is 6.83. The van der Waals surface area contributed by atoms with E-state index in [1.807, 2.05) is 23.5 Å². The van der Waals surface area contributed by atoms with Crippen molar-refractivity contribution in [3.05, 3.63) is 22.2 Å². The standard InChI is InChI=1S/C10H15N5O2S2/c11-14-10-4-7(15(16)17)3-9(13-10)12-5-8-6-18-1-2-19-8/h3-4,8H,1-2,5-6,11H2,(H2,12,13,14). The molecule has 0 aliphatic carbocycles. The van der Waals surface area contributed by atoms with Crippen molar-refractivity contribution in [2.45, 2.75) is 5.25 Å². The third-order valence-electron chi connectivity index (χ3n) is 2.56. The number of nitrogens with zero attached hydrogens (tertiary/aromatic N) is 2. The van der Waals surface area contributed by atoms with Crippen LogP contribution in [-0.4, -0.2) is 39.0 Å². The summed E-state index contributed by atoms with van der Waals surface area (Å²) in [6, 6.07) is 2.72. The molecule has 1 saturated heterocycles. The molecule has 19 heavy (non-hydrogen) atoms. The number of thioether (sulfide) groups is 2. The van der Waals surface area contributed by atoms with Gasteiger partial charge in [0.1, 0.15) is 11.6 Å². The number of aromatic nitrogens is 1. The van der Waals surface area contributed by atoms with Crippen molar-refractivity contribution in [1.29, 1.82) is 0 Å². The first kappa shape index (κ1) is 14.2. The summed E-state index contributed by atoms with van der Waals surface area (Å²) in [6.45, 7) is 0.746. The third kappa shape index (κ3) is 4.15. The van der Waals surface area contributed by atoms with E-state index in [1.54, 1.807) is 0 Å². The van der Waals surface area contributed by atoms with Gasteiger partial charge < -0.3 is 10.7 Å². The first-order valence-corrected chi connectivity index (χ1v) is 7.95. The second-order valence-corrected chi connectivity index (χ2v) is 6.50. The van der Waals surface area contributed by atoms with E-state index in [0.717, 1.165) is 18.1 Å². The molecule has 4 N–H and O–H groups in total. The van der Waals surface area contributed by atoms with Gasteiger partial charge in [-0.05, 0) is 0 Å². The Labute approximate surface area is 119 Å². The van der Waals surface area contributed by atoms with E-state index in [9.17, 15) is 10.1 Å². The van der Waals surface area contributed by atoms with Crippen LogP contribution in [0.25, 0.3) is 0 Å². The van der Waals surface area contributed by atoms with Crippen LogP contribution in [-0.2, 0) is 0 Å². The Hall–Kier alpha value is -1.19. The van der Waals surface area contributed by atoms with E-state index < -0.39 is 4.92 Å². The minimum Gasteiger partial charge on any atom is -0.369 e. The van der Waals surface area contributed by atoms with Crippen LogP contribution in [0.15, 0.2) is 12.1 Å². The summed E-state index contributed by atoms with van der Waals surface area (Å²) in [5.41, 5.74) is 2.30. The molecule has 0 saturated carbocycles. The largest absolute Gasteiger partial charge is 0.369 e. The number of hydrogen-bond donors (Lipinski definition) is 3. The first-order chi connectivity index (χ1) is 9.19. The average Bonchev–Trinajstić information content (AvgIpc) is 2.45. The van der Waals surface area contributed by atoms with Gasteiger partial charge in [-0.2, -0.15) is 23.5 Å². The Morgan fingerprint density at radius 1 is 1.47 bits per heavy atom. The zero-order valence-corrected chi connectivity index (χ0v) is 11.8. The molecule has 1 aliphatic rings. The number of rotatable bonds is 5. The Kier molecular flexibility index (Phi) is 5.11. The molecule has 0 amide bonds. The van der Waals surface area contributed by atoms with Gasteiger partial charge in [-0.15, -0.1) is 0 Å². The number of nitrogens with one attached hydrogen (secondary N) is 2. The van der Waals surface area contributed by atoms with Crippen LogP contribution in [0.3, 0.4) is 0 Å². The van der Waals surface area contributed by atoms with Crippen molar-refractivity contribution in [1.82, 2.24) is 4.98 Å². The highest BCUT2D eigenvalue weighted by atomic mass is 32.2. The Morgan fingerprint density at radius 2 is 2.26 bits per heavy atom. The topological polar surface area (TPSA) is 106 Å². The van der Waals surface area contributed by atoms with Crippen molar-refractivity contribution < 1.29 is 4.92 Å². The molecule has 2 heterocycles. The molecule has 7 nitrogen and oxygen atoms in total. The maximum absolute atomic E-state index is 10.8. The quantitative estimate of drug-likeness (QED) is 0.427. The minimum absolute atomic E-state index is 0.0314. The molecule has 1 atom stereocenters. The van der Waals surface area contributed by atoms with Crippen LogP contribution in [0.4, 0.5) is 17.3 Å². The maximum Gasteiger partial charge on any atom is 0.276 e. The van der Waals surface area contributed by atoms with Gasteiger partial charge in [0.05, 0.1) is 17.1 Å². The van der Waals surface area contributed by atoms with Crippen LogP contribution in [0, 0.1) is 10.1 Å². The predicted octanol–water partition coefficient (Wildman–Crippen LogP) is 1.54. The molecule has 0 spiro atoms. The van der Waals surface area contributed by atoms with Crippen molar-refractivity contribution in [2.75, 3.05) is 34.5 Å². The third-order valence-corrected chi connectivity index (χ3v) is 5.41.